The molecular formula is C14H30ClN4O3P. The summed E-state index contributed by atoms with van der Waals surface area (Å²) in [6.45, 7) is 11.3. The Balaban J connectivity index is 1.74. The summed E-state index contributed by atoms with van der Waals surface area (Å²) in [6, 6.07) is 1.02. The van der Waals surface area contributed by atoms with E-state index in [1.54, 1.807) is 10.1 Å². The van der Waals surface area contributed by atoms with Crippen LogP contribution in [0.3, 0.4) is 0 Å². The van der Waals surface area contributed by atoms with Gasteiger partial charge in [-0.25, -0.2) is 13.8 Å². The van der Waals surface area contributed by atoms with Crippen molar-refractivity contribution in [2.45, 2.75) is 39.8 Å². The van der Waals surface area contributed by atoms with E-state index in [0.717, 1.165) is 26.2 Å². The van der Waals surface area contributed by atoms with Crippen LogP contribution in [0.4, 0.5) is 0 Å². The zero-order valence-electron chi connectivity index (χ0n) is 14.7. The lowest BCUT2D eigenvalue weighted by atomic mass is 10.3. The Kier molecular flexibility index (Phi) is 7.32. The Bertz CT molecular complexity index is 377. The summed E-state index contributed by atoms with van der Waals surface area (Å²) in [5.74, 6) is 0. The Morgan fingerprint density at radius 1 is 0.739 bits per heavy atom. The van der Waals surface area contributed by atoms with E-state index < -0.39 is 6.95 Å². The minimum absolute atomic E-state index is 0.508. The third kappa shape index (κ3) is 6.25. The van der Waals surface area contributed by atoms with Crippen LogP contribution in [0.5, 0.6) is 0 Å². The van der Waals surface area contributed by atoms with Crippen molar-refractivity contribution >= 4 is 18.2 Å². The van der Waals surface area contributed by atoms with E-state index in [9.17, 15) is 4.57 Å². The fourth-order valence-corrected chi connectivity index (χ4v) is 4.33. The van der Waals surface area contributed by atoms with Gasteiger partial charge in [0.15, 0.2) is 0 Å². The highest BCUT2D eigenvalue weighted by atomic mass is 35.7. The number of piperazine rings is 2. The van der Waals surface area contributed by atoms with Gasteiger partial charge in [0.2, 0.25) is 0 Å². The normalized spacial score (nSPS) is 24.0. The lowest BCUT2D eigenvalue weighted by Crippen LogP contribution is -2.49. The van der Waals surface area contributed by atoms with Gasteiger partial charge in [-0.05, 0) is 27.7 Å². The van der Waals surface area contributed by atoms with Crippen LogP contribution in [0, 0.1) is 0 Å². The predicted octanol–water partition coefficient (Wildman–Crippen LogP) is 2.25. The van der Waals surface area contributed by atoms with Gasteiger partial charge in [-0.15, -0.1) is 0 Å². The molecule has 0 N–H and O–H groups in total. The van der Waals surface area contributed by atoms with E-state index in [4.69, 9.17) is 20.5 Å². The Morgan fingerprint density at radius 3 is 1.30 bits per heavy atom. The summed E-state index contributed by atoms with van der Waals surface area (Å²) in [5.41, 5.74) is 0. The average Bonchev–Trinajstić information content (AvgIpc) is 2.47. The summed E-state index contributed by atoms with van der Waals surface area (Å²) < 4.78 is 23.3. The van der Waals surface area contributed by atoms with Crippen LogP contribution in [0.25, 0.3) is 0 Å². The van der Waals surface area contributed by atoms with Gasteiger partial charge in [0, 0.05) is 75.7 Å². The molecule has 0 bridgehead atoms. The van der Waals surface area contributed by atoms with E-state index in [1.165, 1.54) is 0 Å². The molecule has 2 fully saturated rings. The molecule has 0 spiro atoms. The number of rotatable bonds is 6. The minimum atomic E-state index is -3.63. The third-order valence-electron chi connectivity index (χ3n) is 4.43. The first-order chi connectivity index (χ1) is 10.8. The number of hydroxylamine groups is 4. The van der Waals surface area contributed by atoms with Crippen LogP contribution in [0.1, 0.15) is 27.7 Å². The highest BCUT2D eigenvalue weighted by Gasteiger charge is 2.32. The maximum Gasteiger partial charge on any atom is 0.457 e. The van der Waals surface area contributed by atoms with Gasteiger partial charge in [0.05, 0.1) is 0 Å². The molecular weight excluding hydrogens is 339 g/mol. The van der Waals surface area contributed by atoms with Crippen LogP contribution < -0.4 is 0 Å². The Labute approximate surface area is 144 Å². The van der Waals surface area contributed by atoms with Crippen molar-refractivity contribution in [3.8, 4) is 0 Å². The van der Waals surface area contributed by atoms with Gasteiger partial charge < -0.3 is 0 Å². The fourth-order valence-electron chi connectivity index (χ4n) is 2.89. The number of hydrogen-bond acceptors (Lipinski definition) is 7. The second kappa shape index (κ2) is 8.59. The molecule has 2 aliphatic heterocycles. The molecule has 2 heterocycles. The van der Waals surface area contributed by atoms with Gasteiger partial charge in [0.1, 0.15) is 0 Å². The SMILES string of the molecule is CC(C)N1CCN(OP(=O)(Cl)ON2CCN(C(C)C)CC2)CC1. The molecule has 9 heteroatoms. The molecule has 136 valence electrons. The number of hydrogen-bond donors (Lipinski definition) is 0. The van der Waals surface area contributed by atoms with Crippen molar-refractivity contribution in [2.24, 2.45) is 0 Å². The zero-order chi connectivity index (χ0) is 17.0. The standard InChI is InChI=1S/C14H30ClN4O3P/c1-13(2)16-5-9-18(10-6-16)21-23(15,20)22-19-11-7-17(8-12-19)14(3)4/h13-14H,5-12H2,1-4H3. The van der Waals surface area contributed by atoms with Gasteiger partial charge in [-0.2, -0.15) is 10.1 Å². The van der Waals surface area contributed by atoms with Crippen molar-refractivity contribution in [3.63, 3.8) is 0 Å². The Morgan fingerprint density at radius 2 is 1.04 bits per heavy atom. The molecule has 0 aromatic carbocycles. The van der Waals surface area contributed by atoms with Crippen LogP contribution in [0.15, 0.2) is 0 Å². The minimum Gasteiger partial charge on any atom is -0.298 e. The lowest BCUT2D eigenvalue weighted by molar-refractivity contribution is -0.142. The van der Waals surface area contributed by atoms with Crippen molar-refractivity contribution in [1.29, 1.82) is 0 Å². The van der Waals surface area contributed by atoms with E-state index in [2.05, 4.69) is 37.5 Å². The topological polar surface area (TPSA) is 48.5 Å². The largest absolute Gasteiger partial charge is 0.457 e. The summed E-state index contributed by atoms with van der Waals surface area (Å²) in [4.78, 5) is 4.70. The van der Waals surface area contributed by atoms with Crippen LogP contribution in [-0.2, 0) is 13.8 Å². The van der Waals surface area contributed by atoms with Crippen molar-refractivity contribution in [1.82, 2.24) is 19.9 Å². The molecule has 7 nitrogen and oxygen atoms in total. The maximum atomic E-state index is 12.4. The van der Waals surface area contributed by atoms with Crippen molar-refractivity contribution < 1.29 is 13.8 Å². The lowest BCUT2D eigenvalue weighted by Gasteiger charge is -2.38. The zero-order valence-corrected chi connectivity index (χ0v) is 16.3. The highest BCUT2D eigenvalue weighted by Crippen LogP contribution is 2.55. The molecule has 0 aromatic rings. The molecule has 0 unspecified atom stereocenters. The molecule has 0 amide bonds. The van der Waals surface area contributed by atoms with E-state index in [-0.39, 0.29) is 0 Å². The molecule has 0 atom stereocenters. The van der Waals surface area contributed by atoms with E-state index >= 15 is 0 Å². The molecule has 23 heavy (non-hydrogen) atoms. The monoisotopic (exact) mass is 368 g/mol. The smallest absolute Gasteiger partial charge is 0.298 e. The third-order valence-corrected chi connectivity index (χ3v) is 5.66. The van der Waals surface area contributed by atoms with Crippen LogP contribution >= 0.6 is 18.2 Å². The van der Waals surface area contributed by atoms with Crippen LogP contribution in [0.2, 0.25) is 0 Å². The molecule has 2 aliphatic rings. The summed E-state index contributed by atoms with van der Waals surface area (Å²) >= 11 is 6.00. The maximum absolute atomic E-state index is 12.4. The summed E-state index contributed by atoms with van der Waals surface area (Å²) in [6.07, 6.45) is 0. The molecule has 0 aliphatic carbocycles. The number of nitrogens with zero attached hydrogens (tertiary/aromatic N) is 4. The summed E-state index contributed by atoms with van der Waals surface area (Å²) in [7, 11) is 0. The molecule has 2 saturated heterocycles. The van der Waals surface area contributed by atoms with Crippen molar-refractivity contribution in [2.75, 3.05) is 52.4 Å². The summed E-state index contributed by atoms with van der Waals surface area (Å²) in [5, 5.41) is 3.33. The van der Waals surface area contributed by atoms with E-state index in [0.29, 0.717) is 38.3 Å². The highest BCUT2D eigenvalue weighted by molar-refractivity contribution is 7.81. The first kappa shape index (κ1) is 19.6. The molecule has 0 radical (unpaired) electrons. The quantitative estimate of drug-likeness (QED) is 0.666. The van der Waals surface area contributed by atoms with E-state index in [1.807, 2.05) is 0 Å². The molecule has 0 saturated carbocycles. The average molecular weight is 369 g/mol. The van der Waals surface area contributed by atoms with Crippen LogP contribution in [-0.4, -0.2) is 84.4 Å². The molecule has 0 aromatic heterocycles. The molecule has 2 rings (SSSR count). The first-order valence-electron chi connectivity index (χ1n) is 8.44. The predicted molar refractivity (Wildman–Crippen MR) is 92.2 cm³/mol. The van der Waals surface area contributed by atoms with Gasteiger partial charge >= 0.3 is 6.95 Å². The second-order valence-corrected chi connectivity index (χ2v) is 9.14. The Hall–Kier alpha value is 0.280. The second-order valence-electron chi connectivity index (χ2n) is 6.71. The number of halogens is 1. The first-order valence-corrected chi connectivity index (χ1v) is 10.9. The van der Waals surface area contributed by atoms with Gasteiger partial charge in [-0.1, -0.05) is 0 Å². The van der Waals surface area contributed by atoms with Crippen molar-refractivity contribution in [3.05, 3.63) is 0 Å². The van der Waals surface area contributed by atoms with Gasteiger partial charge in [0.25, 0.3) is 0 Å². The fraction of sp³-hybridized carbons (Fsp3) is 1.00. The van der Waals surface area contributed by atoms with Gasteiger partial charge in [-0.3, -0.25) is 9.80 Å².